The van der Waals surface area contributed by atoms with E-state index >= 15 is 0 Å². The number of benzene rings is 2. The molecule has 0 spiro atoms. The molecule has 2 aromatic carbocycles. The molecule has 0 amide bonds. The van der Waals surface area contributed by atoms with Gasteiger partial charge in [0, 0.05) is 0 Å². The van der Waals surface area contributed by atoms with E-state index in [2.05, 4.69) is 6.92 Å². The van der Waals surface area contributed by atoms with E-state index in [1.54, 1.807) is 0 Å². The van der Waals surface area contributed by atoms with E-state index in [4.69, 9.17) is 14.2 Å². The monoisotopic (exact) mass is 482 g/mol. The summed E-state index contributed by atoms with van der Waals surface area (Å²) < 4.78 is 15.9. The van der Waals surface area contributed by atoms with Crippen molar-refractivity contribution in [1.29, 1.82) is 0 Å². The average Bonchev–Trinajstić information content (AvgIpc) is 2.90. The van der Waals surface area contributed by atoms with Crippen molar-refractivity contribution in [2.75, 3.05) is 7.11 Å². The summed E-state index contributed by atoms with van der Waals surface area (Å²) in [7, 11) is 1.27. The summed E-state index contributed by atoms with van der Waals surface area (Å²) in [5.74, 6) is -4.48. The van der Waals surface area contributed by atoms with Crippen LogP contribution < -0.4 is 0 Å². The molecule has 0 aliphatic heterocycles. The third kappa shape index (κ3) is 10.3. The van der Waals surface area contributed by atoms with E-state index in [9.17, 15) is 14.4 Å². The molecule has 0 saturated carbocycles. The highest BCUT2D eigenvalue weighted by Crippen LogP contribution is 2.25. The first-order valence-corrected chi connectivity index (χ1v) is 12.6. The lowest BCUT2D eigenvalue weighted by molar-refractivity contribution is -0.172. The zero-order chi connectivity index (χ0) is 25.3. The Labute approximate surface area is 209 Å². The number of methoxy groups -OCH3 is 1. The first kappa shape index (κ1) is 28.1. The Hall–Kier alpha value is -3.15. The lowest BCUT2D eigenvalue weighted by Crippen LogP contribution is -2.38. The van der Waals surface area contributed by atoms with E-state index in [1.165, 1.54) is 26.4 Å². The molecule has 0 heterocycles. The summed E-state index contributed by atoms with van der Waals surface area (Å²) in [6.07, 6.45) is 7.76. The number of unbranched alkanes of at least 4 members (excludes halogenated alkanes) is 6. The molecule has 0 aliphatic carbocycles. The van der Waals surface area contributed by atoms with Crippen LogP contribution in [-0.4, -0.2) is 25.0 Å². The van der Waals surface area contributed by atoms with Gasteiger partial charge in [0.1, 0.15) is 13.2 Å². The molecule has 0 fully saturated rings. The molecule has 0 bridgehead atoms. The summed E-state index contributed by atoms with van der Waals surface area (Å²) in [5, 5.41) is 0. The zero-order valence-corrected chi connectivity index (χ0v) is 20.9. The third-order valence-electron chi connectivity index (χ3n) is 5.98. The number of hydrogen-bond donors (Lipinski definition) is 0. The van der Waals surface area contributed by atoms with Crippen molar-refractivity contribution >= 4 is 17.9 Å². The molecular weight excluding hydrogens is 444 g/mol. The van der Waals surface area contributed by atoms with Crippen LogP contribution in [-0.2, 0) is 41.8 Å². The first-order chi connectivity index (χ1) is 17.1. The highest BCUT2D eigenvalue weighted by atomic mass is 16.6. The summed E-state index contributed by atoms with van der Waals surface area (Å²) in [4.78, 5) is 38.9. The molecular formula is C29H38O6. The fourth-order valence-electron chi connectivity index (χ4n) is 3.96. The van der Waals surface area contributed by atoms with Crippen LogP contribution in [0.2, 0.25) is 0 Å². The molecule has 2 rings (SSSR count). The molecule has 2 aromatic rings. The third-order valence-corrected chi connectivity index (χ3v) is 5.98. The van der Waals surface area contributed by atoms with Gasteiger partial charge in [-0.25, -0.2) is 0 Å². The predicted molar refractivity (Wildman–Crippen MR) is 134 cm³/mol. The van der Waals surface area contributed by atoms with Crippen molar-refractivity contribution in [1.82, 2.24) is 0 Å². The zero-order valence-electron chi connectivity index (χ0n) is 20.9. The van der Waals surface area contributed by atoms with Crippen LogP contribution in [0.25, 0.3) is 0 Å². The van der Waals surface area contributed by atoms with Gasteiger partial charge in [0.25, 0.3) is 0 Å². The molecule has 0 saturated heterocycles. The highest BCUT2D eigenvalue weighted by Gasteiger charge is 2.42. The number of hydrogen-bond acceptors (Lipinski definition) is 6. The number of carbonyl (C=O) groups is 3. The Morgan fingerprint density at radius 1 is 0.657 bits per heavy atom. The highest BCUT2D eigenvalue weighted by molar-refractivity contribution is 5.99. The number of ether oxygens (including phenoxy) is 3. The van der Waals surface area contributed by atoms with Gasteiger partial charge in [0.15, 0.2) is 5.92 Å². The van der Waals surface area contributed by atoms with Crippen molar-refractivity contribution in [3.63, 3.8) is 0 Å². The Kier molecular flexibility index (Phi) is 13.2. The predicted octanol–water partition coefficient (Wildman–Crippen LogP) is 6.02. The molecule has 6 heteroatoms. The summed E-state index contributed by atoms with van der Waals surface area (Å²) in [5.41, 5.74) is 1.58. The van der Waals surface area contributed by atoms with E-state index in [-0.39, 0.29) is 13.2 Å². The summed E-state index contributed by atoms with van der Waals surface area (Å²) >= 11 is 0. The molecule has 1 atom stereocenters. The van der Waals surface area contributed by atoms with Crippen LogP contribution in [0.5, 0.6) is 0 Å². The van der Waals surface area contributed by atoms with E-state index in [0.717, 1.165) is 30.4 Å². The van der Waals surface area contributed by atoms with Gasteiger partial charge in [-0.2, -0.15) is 0 Å². The minimum atomic E-state index is -1.38. The van der Waals surface area contributed by atoms with E-state index in [1.807, 2.05) is 60.7 Å². The minimum Gasteiger partial charge on any atom is -0.469 e. The van der Waals surface area contributed by atoms with Gasteiger partial charge in [0.05, 0.1) is 13.0 Å². The quantitative estimate of drug-likeness (QED) is 0.126. The van der Waals surface area contributed by atoms with Gasteiger partial charge in [-0.1, -0.05) is 113 Å². The van der Waals surface area contributed by atoms with E-state index in [0.29, 0.717) is 12.8 Å². The Bertz CT molecular complexity index is 825. The Balaban J connectivity index is 2.09. The Morgan fingerprint density at radius 3 is 1.57 bits per heavy atom. The van der Waals surface area contributed by atoms with Crippen LogP contribution in [0.1, 0.15) is 69.4 Å². The second-order valence-electron chi connectivity index (χ2n) is 8.70. The van der Waals surface area contributed by atoms with Crippen LogP contribution in [0.4, 0.5) is 0 Å². The maximum atomic E-state index is 13.1. The second-order valence-corrected chi connectivity index (χ2v) is 8.70. The van der Waals surface area contributed by atoms with Gasteiger partial charge < -0.3 is 14.2 Å². The van der Waals surface area contributed by atoms with Gasteiger partial charge >= 0.3 is 17.9 Å². The molecule has 6 nitrogen and oxygen atoms in total. The molecule has 0 N–H and O–H groups in total. The lowest BCUT2D eigenvalue weighted by atomic mass is 9.87. The normalized spacial score (nSPS) is 11.6. The minimum absolute atomic E-state index is 0.00740. The fourth-order valence-corrected chi connectivity index (χ4v) is 3.96. The van der Waals surface area contributed by atoms with Crippen molar-refractivity contribution in [2.24, 2.45) is 11.8 Å². The van der Waals surface area contributed by atoms with Crippen molar-refractivity contribution in [2.45, 2.75) is 71.5 Å². The number of rotatable bonds is 16. The molecule has 0 aliphatic rings. The number of carbonyl (C=O) groups excluding carboxylic acids is 3. The summed E-state index contributed by atoms with van der Waals surface area (Å²) in [6, 6.07) is 18.4. The Morgan fingerprint density at radius 2 is 1.11 bits per heavy atom. The maximum absolute atomic E-state index is 13.1. The molecule has 35 heavy (non-hydrogen) atoms. The SMILES string of the molecule is CCCCCCCCC[C@@H](C(=O)OC)C(C(=O)OCc1ccccc1)C(=O)OCc1ccccc1. The van der Waals surface area contributed by atoms with Crippen molar-refractivity contribution in [3.8, 4) is 0 Å². The van der Waals surface area contributed by atoms with Gasteiger partial charge in [0.2, 0.25) is 0 Å². The van der Waals surface area contributed by atoms with Crippen molar-refractivity contribution < 1.29 is 28.6 Å². The van der Waals surface area contributed by atoms with Crippen LogP contribution >= 0.6 is 0 Å². The average molecular weight is 483 g/mol. The molecule has 0 unspecified atom stereocenters. The van der Waals surface area contributed by atoms with Gasteiger partial charge in [-0.05, 0) is 17.5 Å². The number of esters is 3. The summed E-state index contributed by atoms with van der Waals surface area (Å²) in [6.45, 7) is 2.19. The van der Waals surface area contributed by atoms with Crippen LogP contribution in [0, 0.1) is 11.8 Å². The maximum Gasteiger partial charge on any atom is 0.321 e. The van der Waals surface area contributed by atoms with Crippen LogP contribution in [0.15, 0.2) is 60.7 Å². The van der Waals surface area contributed by atoms with Gasteiger partial charge in [-0.3, -0.25) is 14.4 Å². The van der Waals surface area contributed by atoms with Gasteiger partial charge in [-0.15, -0.1) is 0 Å². The lowest BCUT2D eigenvalue weighted by Gasteiger charge is -2.23. The second kappa shape index (κ2) is 16.5. The fraction of sp³-hybridized carbons (Fsp3) is 0.483. The smallest absolute Gasteiger partial charge is 0.321 e. The molecule has 190 valence electrons. The molecule has 0 radical (unpaired) electrons. The first-order valence-electron chi connectivity index (χ1n) is 12.6. The standard InChI is InChI=1S/C29H38O6/c1-3-4-5-6-7-8-15-20-25(27(30)33-2)26(28(31)34-21-23-16-11-9-12-17-23)29(32)35-22-24-18-13-10-14-19-24/h9-14,16-19,25-26H,3-8,15,20-22H2,1-2H3/t25-/m1/s1. The van der Waals surface area contributed by atoms with Crippen LogP contribution in [0.3, 0.4) is 0 Å². The van der Waals surface area contributed by atoms with Crippen molar-refractivity contribution in [3.05, 3.63) is 71.8 Å². The largest absolute Gasteiger partial charge is 0.469 e. The van der Waals surface area contributed by atoms with E-state index < -0.39 is 29.7 Å². The topological polar surface area (TPSA) is 78.9 Å². The molecule has 0 aromatic heterocycles.